The SMILES string of the molecule is CC(=O)N[C@H]1[C@@H](O[C@@H]2[C@@H](OC[C@H]3O[C@H](O)[C@H](N)[C@@H](O)[C@@H]3O)O[C@H]([C@H](O)CO)[C@@H](O)[C@@H]2O)O[C@H](CO)[C@H](O)[C@@H]1O. The molecule has 0 aromatic heterocycles. The minimum atomic E-state index is -1.92. The summed E-state index contributed by atoms with van der Waals surface area (Å²) >= 11 is 0. The van der Waals surface area contributed by atoms with E-state index in [4.69, 9.17) is 29.4 Å². The van der Waals surface area contributed by atoms with Crippen molar-refractivity contribution >= 4 is 5.91 Å². The van der Waals surface area contributed by atoms with Crippen LogP contribution >= 0.6 is 0 Å². The van der Waals surface area contributed by atoms with Crippen molar-refractivity contribution in [3.05, 3.63) is 0 Å². The van der Waals surface area contributed by atoms with Crippen LogP contribution in [0.3, 0.4) is 0 Å². The van der Waals surface area contributed by atoms with Crippen molar-refractivity contribution in [2.24, 2.45) is 5.73 Å². The fourth-order valence-corrected chi connectivity index (χ4v) is 4.60. The van der Waals surface area contributed by atoms with Crippen LogP contribution < -0.4 is 11.1 Å². The molecule has 3 heterocycles. The average Bonchev–Trinajstić information content (AvgIpc) is 2.90. The Bertz CT molecular complexity index is 797. The van der Waals surface area contributed by atoms with E-state index >= 15 is 0 Å². The first-order valence-corrected chi connectivity index (χ1v) is 12.2. The minimum absolute atomic E-state index is 0.626. The van der Waals surface area contributed by atoms with Gasteiger partial charge in [0.05, 0.1) is 25.9 Å². The Morgan fingerprint density at radius 2 is 1.51 bits per heavy atom. The number of nitrogens with one attached hydrogen (secondary N) is 1. The zero-order chi connectivity index (χ0) is 29.2. The Balaban J connectivity index is 1.85. The number of hydrogen-bond acceptors (Lipinski definition) is 17. The number of hydrogen-bond donors (Lipinski definition) is 12. The summed E-state index contributed by atoms with van der Waals surface area (Å²) in [6.07, 6.45) is -23.2. The van der Waals surface area contributed by atoms with Gasteiger partial charge in [0.25, 0.3) is 0 Å². The fourth-order valence-electron chi connectivity index (χ4n) is 4.60. The van der Waals surface area contributed by atoms with Gasteiger partial charge in [-0.3, -0.25) is 4.79 Å². The largest absolute Gasteiger partial charge is 0.394 e. The van der Waals surface area contributed by atoms with Gasteiger partial charge in [-0.15, -0.1) is 0 Å². The van der Waals surface area contributed by atoms with Gasteiger partial charge >= 0.3 is 0 Å². The topological polar surface area (TPSA) is 304 Å². The number of rotatable bonds is 9. The molecule has 0 aromatic carbocycles. The second kappa shape index (κ2) is 13.7. The Morgan fingerprint density at radius 3 is 2.10 bits per heavy atom. The molecule has 0 radical (unpaired) electrons. The Kier molecular flexibility index (Phi) is 11.3. The Labute approximate surface area is 222 Å². The van der Waals surface area contributed by atoms with Gasteiger partial charge in [0.15, 0.2) is 18.9 Å². The first-order chi connectivity index (χ1) is 18.3. The van der Waals surface area contributed by atoms with E-state index in [1.807, 2.05) is 0 Å². The lowest BCUT2D eigenvalue weighted by molar-refractivity contribution is -0.365. The molecule has 228 valence electrons. The minimum Gasteiger partial charge on any atom is -0.394 e. The molecule has 3 rings (SSSR count). The maximum atomic E-state index is 11.7. The lowest BCUT2D eigenvalue weighted by Gasteiger charge is -2.48. The highest BCUT2D eigenvalue weighted by Crippen LogP contribution is 2.31. The molecule has 3 aliphatic heterocycles. The van der Waals surface area contributed by atoms with Crippen LogP contribution in [-0.2, 0) is 28.5 Å². The Morgan fingerprint density at radius 1 is 0.872 bits per heavy atom. The zero-order valence-corrected chi connectivity index (χ0v) is 20.9. The zero-order valence-electron chi connectivity index (χ0n) is 20.9. The van der Waals surface area contributed by atoms with Crippen molar-refractivity contribution in [2.45, 2.75) is 105 Å². The predicted octanol–water partition coefficient (Wildman–Crippen LogP) is -8.10. The summed E-state index contributed by atoms with van der Waals surface area (Å²) in [5, 5.41) is 104. The molecule has 1 amide bonds. The van der Waals surface area contributed by atoms with E-state index in [1.54, 1.807) is 0 Å². The standard InChI is InChI=1S/C21H38N2O16/c1-5(26)23-10-14(31)11(28)7(3-25)37-20(10)39-18-16(33)15(32)17(6(27)2-24)38-21(18)35-4-8-12(29)13(30)9(22)19(34)36-8/h6-21,24-25,27-34H,2-4,22H2,1H3,(H,23,26)/t6-,7-,8-,9-,10-,11+,12-,13-,14-,15+,16+,17-,18+,19+,20-,21+/m1/s1. The number of carbonyl (C=O) groups excluding carboxylic acids is 1. The molecule has 3 aliphatic rings. The van der Waals surface area contributed by atoms with Gasteiger partial charge in [0.2, 0.25) is 5.91 Å². The summed E-state index contributed by atoms with van der Waals surface area (Å²) in [5.41, 5.74) is 5.55. The van der Waals surface area contributed by atoms with Crippen molar-refractivity contribution in [3.63, 3.8) is 0 Å². The molecule has 16 atom stereocenters. The van der Waals surface area contributed by atoms with E-state index in [0.717, 1.165) is 6.92 Å². The lowest BCUT2D eigenvalue weighted by Crippen LogP contribution is -2.68. The van der Waals surface area contributed by atoms with E-state index in [1.165, 1.54) is 0 Å². The van der Waals surface area contributed by atoms with Crippen LogP contribution in [0, 0.1) is 0 Å². The summed E-state index contributed by atoms with van der Waals surface area (Å²) in [6, 6.07) is -2.77. The lowest BCUT2D eigenvalue weighted by atomic mass is 9.94. The van der Waals surface area contributed by atoms with Crippen LogP contribution in [0.2, 0.25) is 0 Å². The number of carbonyl (C=O) groups is 1. The van der Waals surface area contributed by atoms with E-state index in [0.29, 0.717) is 0 Å². The number of amides is 1. The van der Waals surface area contributed by atoms with Gasteiger partial charge in [-0.2, -0.15) is 0 Å². The highest BCUT2D eigenvalue weighted by Gasteiger charge is 2.53. The smallest absolute Gasteiger partial charge is 0.217 e. The predicted molar refractivity (Wildman–Crippen MR) is 121 cm³/mol. The van der Waals surface area contributed by atoms with Crippen LogP contribution in [0.4, 0.5) is 0 Å². The van der Waals surface area contributed by atoms with Crippen molar-refractivity contribution in [1.82, 2.24) is 5.32 Å². The summed E-state index contributed by atoms with van der Waals surface area (Å²) in [7, 11) is 0. The van der Waals surface area contributed by atoms with Crippen LogP contribution in [0.1, 0.15) is 6.92 Å². The molecule has 0 aliphatic carbocycles. The summed E-state index contributed by atoms with van der Waals surface area (Å²) in [4.78, 5) is 11.7. The second-order valence-corrected chi connectivity index (χ2v) is 9.69. The third-order valence-corrected chi connectivity index (χ3v) is 6.88. The molecule has 18 heteroatoms. The third-order valence-electron chi connectivity index (χ3n) is 6.88. The van der Waals surface area contributed by atoms with Crippen LogP contribution in [0.15, 0.2) is 0 Å². The molecule has 0 unspecified atom stereocenters. The van der Waals surface area contributed by atoms with E-state index in [9.17, 15) is 55.9 Å². The van der Waals surface area contributed by atoms with Gasteiger partial charge < -0.3 is 85.8 Å². The molecule has 3 fully saturated rings. The highest BCUT2D eigenvalue weighted by atomic mass is 16.8. The summed E-state index contributed by atoms with van der Waals surface area (Å²) in [6.45, 7) is -1.18. The number of aliphatic hydroxyl groups excluding tert-OH is 10. The van der Waals surface area contributed by atoms with E-state index in [2.05, 4.69) is 5.32 Å². The molecule has 0 spiro atoms. The van der Waals surface area contributed by atoms with Crippen LogP contribution in [0.5, 0.6) is 0 Å². The van der Waals surface area contributed by atoms with Gasteiger partial charge in [-0.05, 0) is 0 Å². The maximum absolute atomic E-state index is 11.7. The number of aliphatic hydroxyl groups is 10. The van der Waals surface area contributed by atoms with Crippen LogP contribution in [0.25, 0.3) is 0 Å². The highest BCUT2D eigenvalue weighted by molar-refractivity contribution is 5.73. The molecular weight excluding hydrogens is 536 g/mol. The quantitative estimate of drug-likeness (QED) is 0.122. The molecule has 3 saturated heterocycles. The van der Waals surface area contributed by atoms with Crippen LogP contribution in [-0.4, -0.2) is 175 Å². The number of ether oxygens (including phenoxy) is 5. The fraction of sp³-hybridized carbons (Fsp3) is 0.952. The molecular formula is C21H38N2O16. The van der Waals surface area contributed by atoms with Gasteiger partial charge in [-0.25, -0.2) is 0 Å². The van der Waals surface area contributed by atoms with Crippen molar-refractivity contribution < 1.29 is 79.5 Å². The Hall–Kier alpha value is -1.17. The molecule has 0 aromatic rings. The van der Waals surface area contributed by atoms with Gasteiger partial charge in [-0.1, -0.05) is 0 Å². The molecule has 39 heavy (non-hydrogen) atoms. The third kappa shape index (κ3) is 7.01. The molecule has 0 saturated carbocycles. The first kappa shape index (κ1) is 32.3. The number of nitrogens with two attached hydrogens (primary N) is 1. The van der Waals surface area contributed by atoms with E-state index < -0.39 is 124 Å². The monoisotopic (exact) mass is 574 g/mol. The molecule has 13 N–H and O–H groups in total. The van der Waals surface area contributed by atoms with Crippen molar-refractivity contribution in [2.75, 3.05) is 19.8 Å². The van der Waals surface area contributed by atoms with Crippen molar-refractivity contribution in [1.29, 1.82) is 0 Å². The van der Waals surface area contributed by atoms with Gasteiger partial charge in [0, 0.05) is 6.92 Å². The summed E-state index contributed by atoms with van der Waals surface area (Å²) < 4.78 is 27.5. The first-order valence-electron chi connectivity index (χ1n) is 12.2. The second-order valence-electron chi connectivity index (χ2n) is 9.69. The molecule has 18 nitrogen and oxygen atoms in total. The summed E-state index contributed by atoms with van der Waals surface area (Å²) in [5.74, 6) is -0.663. The van der Waals surface area contributed by atoms with Gasteiger partial charge in [0.1, 0.15) is 73.2 Å². The maximum Gasteiger partial charge on any atom is 0.217 e. The average molecular weight is 575 g/mol. The van der Waals surface area contributed by atoms with E-state index in [-0.39, 0.29) is 0 Å². The molecule has 0 bridgehead atoms. The normalized spacial score (nSPS) is 47.9. The van der Waals surface area contributed by atoms with Crippen molar-refractivity contribution in [3.8, 4) is 0 Å².